The van der Waals surface area contributed by atoms with E-state index >= 15 is 0 Å². The SMILES string of the molecule is CCNC(=NCC(O)c1ccc(Cl)s1)NCCc1cc(F)cc2c1OCOC2.I. The molecule has 1 aromatic carbocycles. The van der Waals surface area contributed by atoms with Crippen LogP contribution in [0, 0.1) is 5.82 Å². The molecule has 1 unspecified atom stereocenters. The molecule has 3 N–H and O–H groups in total. The van der Waals surface area contributed by atoms with Gasteiger partial charge in [0, 0.05) is 23.5 Å². The molecule has 0 saturated carbocycles. The van der Waals surface area contributed by atoms with Crippen molar-refractivity contribution in [2.75, 3.05) is 26.4 Å². The lowest BCUT2D eigenvalue weighted by atomic mass is 10.1. The number of aliphatic imine (C=N–C) groups is 1. The minimum atomic E-state index is -0.711. The molecule has 1 aliphatic heterocycles. The number of halogens is 3. The van der Waals surface area contributed by atoms with E-state index in [1.54, 1.807) is 12.1 Å². The van der Waals surface area contributed by atoms with E-state index in [1.807, 2.05) is 6.92 Å². The Labute approximate surface area is 195 Å². The Kier molecular flexibility index (Phi) is 9.90. The number of hydrogen-bond acceptors (Lipinski definition) is 5. The molecule has 0 fully saturated rings. The van der Waals surface area contributed by atoms with Gasteiger partial charge in [-0.05, 0) is 43.2 Å². The van der Waals surface area contributed by atoms with Crippen molar-refractivity contribution in [2.45, 2.75) is 26.1 Å². The molecular formula is C19H24ClFIN3O3S. The van der Waals surface area contributed by atoms with Crippen LogP contribution in [0.3, 0.4) is 0 Å². The van der Waals surface area contributed by atoms with Crippen LogP contribution in [-0.4, -0.2) is 37.5 Å². The van der Waals surface area contributed by atoms with E-state index in [9.17, 15) is 9.50 Å². The molecule has 10 heteroatoms. The van der Waals surface area contributed by atoms with Gasteiger partial charge in [0.05, 0.1) is 17.5 Å². The lowest BCUT2D eigenvalue weighted by Gasteiger charge is -2.21. The summed E-state index contributed by atoms with van der Waals surface area (Å²) in [4.78, 5) is 5.19. The zero-order valence-electron chi connectivity index (χ0n) is 15.9. The van der Waals surface area contributed by atoms with Gasteiger partial charge >= 0.3 is 0 Å². The van der Waals surface area contributed by atoms with Gasteiger partial charge in [0.15, 0.2) is 12.8 Å². The third-order valence-electron chi connectivity index (χ3n) is 4.13. The van der Waals surface area contributed by atoms with Crippen molar-refractivity contribution in [3.63, 3.8) is 0 Å². The summed E-state index contributed by atoms with van der Waals surface area (Å²) in [5.74, 6) is 0.973. The first-order valence-corrected chi connectivity index (χ1v) is 10.2. The van der Waals surface area contributed by atoms with Crippen molar-refractivity contribution in [3.8, 4) is 5.75 Å². The normalized spacial score (nSPS) is 14.4. The maximum absolute atomic E-state index is 13.8. The summed E-state index contributed by atoms with van der Waals surface area (Å²) in [7, 11) is 0. The van der Waals surface area contributed by atoms with Crippen LogP contribution < -0.4 is 15.4 Å². The van der Waals surface area contributed by atoms with Crippen LogP contribution in [0.4, 0.5) is 4.39 Å². The largest absolute Gasteiger partial charge is 0.467 e. The fraction of sp³-hybridized carbons (Fsp3) is 0.421. The van der Waals surface area contributed by atoms with E-state index in [2.05, 4.69) is 15.6 Å². The maximum atomic E-state index is 13.8. The Hall–Kier alpha value is -1.14. The van der Waals surface area contributed by atoms with E-state index in [1.165, 1.54) is 23.5 Å². The molecular weight excluding hydrogens is 532 g/mol. The van der Waals surface area contributed by atoms with Gasteiger partial charge in [-0.15, -0.1) is 35.3 Å². The number of nitrogens with zero attached hydrogens (tertiary/aromatic N) is 1. The van der Waals surface area contributed by atoms with Crippen molar-refractivity contribution in [2.24, 2.45) is 4.99 Å². The quantitative estimate of drug-likeness (QED) is 0.275. The van der Waals surface area contributed by atoms with Crippen LogP contribution in [0.1, 0.15) is 29.0 Å². The Morgan fingerprint density at radius 2 is 2.21 bits per heavy atom. The third kappa shape index (κ3) is 6.95. The average Bonchev–Trinajstić information content (AvgIpc) is 3.12. The van der Waals surface area contributed by atoms with Crippen molar-refractivity contribution < 1.29 is 19.0 Å². The molecule has 0 saturated heterocycles. The Morgan fingerprint density at radius 1 is 1.38 bits per heavy atom. The first-order valence-electron chi connectivity index (χ1n) is 9.04. The topological polar surface area (TPSA) is 75.1 Å². The van der Waals surface area contributed by atoms with Crippen LogP contribution in [0.5, 0.6) is 5.75 Å². The molecule has 1 aromatic heterocycles. The molecule has 0 radical (unpaired) electrons. The lowest BCUT2D eigenvalue weighted by Crippen LogP contribution is -2.38. The highest BCUT2D eigenvalue weighted by molar-refractivity contribution is 14.0. The first kappa shape index (κ1) is 24.1. The van der Waals surface area contributed by atoms with E-state index in [-0.39, 0.29) is 43.1 Å². The minimum absolute atomic E-state index is 0. The zero-order valence-corrected chi connectivity index (χ0v) is 19.8. The minimum Gasteiger partial charge on any atom is -0.467 e. The van der Waals surface area contributed by atoms with Gasteiger partial charge in [0.25, 0.3) is 0 Å². The fourth-order valence-corrected chi connectivity index (χ4v) is 3.91. The summed E-state index contributed by atoms with van der Waals surface area (Å²) in [6, 6.07) is 6.48. The van der Waals surface area contributed by atoms with Crippen molar-refractivity contribution >= 4 is 52.9 Å². The summed E-state index contributed by atoms with van der Waals surface area (Å²) in [6.45, 7) is 3.91. The van der Waals surface area contributed by atoms with Gasteiger partial charge < -0.3 is 25.2 Å². The van der Waals surface area contributed by atoms with Crippen molar-refractivity contribution in [1.29, 1.82) is 0 Å². The van der Waals surface area contributed by atoms with Crippen LogP contribution in [0.15, 0.2) is 29.3 Å². The molecule has 0 spiro atoms. The van der Waals surface area contributed by atoms with Crippen molar-refractivity contribution in [1.82, 2.24) is 10.6 Å². The van der Waals surface area contributed by atoms with Crippen LogP contribution in [-0.2, 0) is 17.8 Å². The number of guanidine groups is 1. The number of nitrogens with one attached hydrogen (secondary N) is 2. The second-order valence-electron chi connectivity index (χ2n) is 6.22. The van der Waals surface area contributed by atoms with Gasteiger partial charge in [-0.2, -0.15) is 0 Å². The summed E-state index contributed by atoms with van der Waals surface area (Å²) >= 11 is 7.24. The molecule has 2 heterocycles. The summed E-state index contributed by atoms with van der Waals surface area (Å²) in [5, 5.41) is 16.6. The van der Waals surface area contributed by atoms with Crippen LogP contribution in [0.2, 0.25) is 4.34 Å². The number of thiophene rings is 1. The van der Waals surface area contributed by atoms with Gasteiger partial charge in [-0.3, -0.25) is 4.99 Å². The predicted molar refractivity (Wildman–Crippen MR) is 124 cm³/mol. The summed E-state index contributed by atoms with van der Waals surface area (Å²) in [5.41, 5.74) is 1.51. The smallest absolute Gasteiger partial charge is 0.191 e. The monoisotopic (exact) mass is 555 g/mol. The number of aliphatic hydroxyl groups excluding tert-OH is 1. The van der Waals surface area contributed by atoms with Gasteiger partial charge in [-0.1, -0.05) is 11.6 Å². The third-order valence-corrected chi connectivity index (χ3v) is 5.46. The van der Waals surface area contributed by atoms with E-state index < -0.39 is 6.10 Å². The molecule has 0 aliphatic carbocycles. The molecule has 3 rings (SSSR count). The molecule has 160 valence electrons. The Balaban J connectivity index is 0.00000300. The van der Waals surface area contributed by atoms with E-state index in [4.69, 9.17) is 21.1 Å². The number of ether oxygens (including phenoxy) is 2. The second kappa shape index (κ2) is 11.9. The zero-order chi connectivity index (χ0) is 19.9. The molecule has 0 amide bonds. The molecule has 1 atom stereocenters. The van der Waals surface area contributed by atoms with Gasteiger partial charge in [-0.25, -0.2) is 4.39 Å². The number of aliphatic hydroxyl groups is 1. The molecule has 6 nitrogen and oxygen atoms in total. The fourth-order valence-electron chi connectivity index (χ4n) is 2.87. The van der Waals surface area contributed by atoms with E-state index in [0.717, 1.165) is 16.0 Å². The first-order chi connectivity index (χ1) is 13.6. The lowest BCUT2D eigenvalue weighted by molar-refractivity contribution is -0.0172. The second-order valence-corrected chi connectivity index (χ2v) is 7.96. The highest BCUT2D eigenvalue weighted by atomic mass is 127. The highest BCUT2D eigenvalue weighted by Gasteiger charge is 2.17. The van der Waals surface area contributed by atoms with E-state index in [0.29, 0.717) is 42.2 Å². The maximum Gasteiger partial charge on any atom is 0.191 e. The standard InChI is InChI=1S/C19H23ClFN3O3S.HI/c1-2-22-19(24-9-15(25)16-3-4-17(20)28-16)23-6-5-12-7-14(21)8-13-10-26-11-27-18(12)13;/h3-4,7-8,15,25H,2,5-6,9-11H2,1H3,(H2,22,23,24);1H. The molecule has 0 bridgehead atoms. The average molecular weight is 556 g/mol. The number of rotatable bonds is 7. The Bertz CT molecular complexity index is 837. The number of fused-ring (bicyclic) bond motifs is 1. The van der Waals surface area contributed by atoms with Gasteiger partial charge in [0.1, 0.15) is 17.7 Å². The predicted octanol–water partition coefficient (Wildman–Crippen LogP) is 3.86. The van der Waals surface area contributed by atoms with Crippen LogP contribution in [0.25, 0.3) is 0 Å². The Morgan fingerprint density at radius 3 is 2.93 bits per heavy atom. The number of hydrogen-bond donors (Lipinski definition) is 3. The molecule has 2 aromatic rings. The summed E-state index contributed by atoms with van der Waals surface area (Å²) in [6.07, 6.45) is -0.148. The summed E-state index contributed by atoms with van der Waals surface area (Å²) < 4.78 is 25.2. The van der Waals surface area contributed by atoms with Crippen molar-refractivity contribution in [3.05, 3.63) is 50.4 Å². The van der Waals surface area contributed by atoms with Crippen LogP contribution >= 0.6 is 46.9 Å². The molecule has 1 aliphatic rings. The number of benzene rings is 1. The van der Waals surface area contributed by atoms with Gasteiger partial charge in [0.2, 0.25) is 0 Å². The highest BCUT2D eigenvalue weighted by Crippen LogP contribution is 2.29. The molecule has 29 heavy (non-hydrogen) atoms.